The minimum atomic E-state index is -4.54. The van der Waals surface area contributed by atoms with Crippen molar-refractivity contribution in [1.29, 1.82) is 5.26 Å². The minimum absolute atomic E-state index is 0.318. The molecule has 2 unspecified atom stereocenters. The average molecular weight is 260 g/mol. The van der Waals surface area contributed by atoms with Crippen LogP contribution in [-0.4, -0.2) is 17.4 Å². The molecular weight excluding hydrogens is 249 g/mol. The summed E-state index contributed by atoms with van der Waals surface area (Å²) in [5.74, 6) is -0.318. The summed E-state index contributed by atoms with van der Waals surface area (Å²) in [5, 5.41) is 10.4. The smallest absolute Gasteiger partial charge is 0.224 e. The maximum atomic E-state index is 12.5. The van der Waals surface area contributed by atoms with Gasteiger partial charge < -0.3 is 0 Å². The van der Waals surface area contributed by atoms with Crippen LogP contribution in [0.5, 0.6) is 0 Å². The average Bonchev–Trinajstić information content (AvgIpc) is 2.25. The van der Waals surface area contributed by atoms with E-state index in [0.717, 1.165) is 6.08 Å². The van der Waals surface area contributed by atoms with Gasteiger partial charge in [-0.3, -0.25) is 0 Å². The van der Waals surface area contributed by atoms with Gasteiger partial charge in [0.15, 0.2) is 0 Å². The first-order valence-electron chi connectivity index (χ1n) is 4.71. The normalized spacial score (nSPS) is 15.4. The molecule has 0 radical (unpaired) electrons. The fourth-order valence-corrected chi connectivity index (χ4v) is 1.17. The molecule has 92 valence electrons. The lowest BCUT2D eigenvalue weighted by molar-refractivity contribution is -0.0931. The standard InChI is InChI=1S/C11H11F3N2S/c1-3-8(2)10(16-7-17)6-9(4-5-15)11(12,13)14/h3,6,8,10H,1,4H2,2H3/b9-6+. The highest BCUT2D eigenvalue weighted by molar-refractivity contribution is 7.78. The van der Waals surface area contributed by atoms with Gasteiger partial charge in [-0.1, -0.05) is 13.0 Å². The molecule has 0 saturated heterocycles. The molecule has 0 rings (SSSR count). The van der Waals surface area contributed by atoms with Crippen molar-refractivity contribution >= 4 is 17.4 Å². The molecule has 0 heterocycles. The number of thiocarbonyl (C=S) groups is 1. The number of alkyl halides is 3. The Kier molecular flexibility index (Phi) is 6.40. The SMILES string of the molecule is C=CC(C)C(/C=C(\CC#N)C(F)(F)F)N=C=S. The molecule has 6 heteroatoms. The van der Waals surface area contributed by atoms with Crippen molar-refractivity contribution in [2.45, 2.75) is 25.6 Å². The Hall–Kier alpha value is -1.44. The molecule has 17 heavy (non-hydrogen) atoms. The van der Waals surface area contributed by atoms with Crippen molar-refractivity contribution in [3.8, 4) is 6.07 Å². The van der Waals surface area contributed by atoms with Gasteiger partial charge in [0.1, 0.15) is 0 Å². The van der Waals surface area contributed by atoms with Crippen molar-refractivity contribution in [1.82, 2.24) is 0 Å². The Labute approximate surface area is 103 Å². The number of rotatable bonds is 5. The fourth-order valence-electron chi connectivity index (χ4n) is 1.05. The van der Waals surface area contributed by atoms with Gasteiger partial charge in [-0.2, -0.15) is 18.4 Å². The zero-order valence-electron chi connectivity index (χ0n) is 9.16. The maximum absolute atomic E-state index is 12.5. The summed E-state index contributed by atoms with van der Waals surface area (Å²) in [6.07, 6.45) is -2.88. The van der Waals surface area contributed by atoms with Crippen LogP contribution in [0.4, 0.5) is 13.2 Å². The third kappa shape index (κ3) is 5.43. The van der Waals surface area contributed by atoms with Crippen LogP contribution in [0, 0.1) is 17.2 Å². The Balaban J connectivity index is 5.31. The molecule has 0 aliphatic heterocycles. The number of halogens is 3. The molecule has 0 aromatic rings. The third-order valence-electron chi connectivity index (χ3n) is 2.12. The van der Waals surface area contributed by atoms with Crippen molar-refractivity contribution in [3.63, 3.8) is 0 Å². The van der Waals surface area contributed by atoms with E-state index in [1.807, 2.05) is 5.16 Å². The van der Waals surface area contributed by atoms with Crippen LogP contribution in [0.25, 0.3) is 0 Å². The number of allylic oxidation sites excluding steroid dienone is 1. The number of nitriles is 1. The molecule has 0 aromatic carbocycles. The summed E-state index contributed by atoms with van der Waals surface area (Å²) < 4.78 is 37.6. The number of nitrogens with zero attached hydrogens (tertiary/aromatic N) is 2. The molecule has 0 bridgehead atoms. The van der Waals surface area contributed by atoms with E-state index < -0.39 is 24.2 Å². The Morgan fingerprint density at radius 1 is 1.59 bits per heavy atom. The first-order valence-corrected chi connectivity index (χ1v) is 5.12. The second-order valence-electron chi connectivity index (χ2n) is 3.33. The van der Waals surface area contributed by atoms with Crippen LogP contribution in [-0.2, 0) is 0 Å². The predicted octanol–water partition coefficient (Wildman–Crippen LogP) is 3.68. The number of isothiocyanates is 1. The van der Waals surface area contributed by atoms with Gasteiger partial charge in [0.25, 0.3) is 0 Å². The summed E-state index contributed by atoms with van der Waals surface area (Å²) >= 11 is 4.38. The zero-order valence-corrected chi connectivity index (χ0v) is 9.98. The highest BCUT2D eigenvalue weighted by atomic mass is 32.1. The van der Waals surface area contributed by atoms with Crippen LogP contribution >= 0.6 is 12.2 Å². The lowest BCUT2D eigenvalue weighted by Gasteiger charge is -2.15. The summed E-state index contributed by atoms with van der Waals surface area (Å²) in [5.41, 5.74) is -0.923. The molecule has 2 nitrogen and oxygen atoms in total. The van der Waals surface area contributed by atoms with Gasteiger partial charge in [0.05, 0.1) is 23.7 Å². The van der Waals surface area contributed by atoms with Gasteiger partial charge in [0.2, 0.25) is 0 Å². The topological polar surface area (TPSA) is 36.1 Å². The van der Waals surface area contributed by atoms with E-state index in [1.165, 1.54) is 12.1 Å². The van der Waals surface area contributed by atoms with Crippen molar-refractivity contribution in [3.05, 3.63) is 24.3 Å². The summed E-state index contributed by atoms with van der Waals surface area (Å²) in [4.78, 5) is 3.64. The predicted molar refractivity (Wildman–Crippen MR) is 62.5 cm³/mol. The second kappa shape index (κ2) is 7.00. The number of hydrogen-bond acceptors (Lipinski definition) is 3. The molecule has 0 saturated carbocycles. The van der Waals surface area contributed by atoms with Crippen LogP contribution in [0.1, 0.15) is 13.3 Å². The number of hydrogen-bond donors (Lipinski definition) is 0. The minimum Gasteiger partial charge on any atom is -0.224 e. The highest BCUT2D eigenvalue weighted by Crippen LogP contribution is 2.29. The molecule has 0 amide bonds. The Bertz CT molecular complexity index is 387. The van der Waals surface area contributed by atoms with Crippen LogP contribution in [0.2, 0.25) is 0 Å². The molecule has 2 atom stereocenters. The van der Waals surface area contributed by atoms with Gasteiger partial charge in [-0.15, -0.1) is 6.58 Å². The fraction of sp³-hybridized carbons (Fsp3) is 0.455. The molecular formula is C11H11F3N2S. The molecule has 0 aromatic heterocycles. The molecule has 0 aliphatic carbocycles. The molecule has 0 N–H and O–H groups in total. The summed E-state index contributed by atoms with van der Waals surface area (Å²) in [6.45, 7) is 5.14. The van der Waals surface area contributed by atoms with Crippen molar-refractivity contribution in [2.24, 2.45) is 10.9 Å². The van der Waals surface area contributed by atoms with Crippen molar-refractivity contribution < 1.29 is 13.2 Å². The quantitative estimate of drug-likeness (QED) is 0.429. The lowest BCUT2D eigenvalue weighted by atomic mass is 9.99. The van der Waals surface area contributed by atoms with E-state index in [-0.39, 0.29) is 5.92 Å². The second-order valence-corrected chi connectivity index (χ2v) is 3.51. The lowest BCUT2D eigenvalue weighted by Crippen LogP contribution is -2.17. The van der Waals surface area contributed by atoms with Gasteiger partial charge in [0, 0.05) is 11.5 Å². The van der Waals surface area contributed by atoms with E-state index in [2.05, 4.69) is 23.8 Å². The highest BCUT2D eigenvalue weighted by Gasteiger charge is 2.34. The first kappa shape index (κ1) is 15.6. The monoisotopic (exact) mass is 260 g/mol. The summed E-state index contributed by atoms with van der Waals surface area (Å²) in [6, 6.07) is 0.680. The van der Waals surface area contributed by atoms with E-state index in [4.69, 9.17) is 5.26 Å². The van der Waals surface area contributed by atoms with E-state index in [9.17, 15) is 13.2 Å². The van der Waals surface area contributed by atoms with E-state index in [0.29, 0.717) is 0 Å². The van der Waals surface area contributed by atoms with E-state index in [1.54, 1.807) is 6.92 Å². The van der Waals surface area contributed by atoms with E-state index >= 15 is 0 Å². The molecule has 0 fully saturated rings. The maximum Gasteiger partial charge on any atom is 0.413 e. The Morgan fingerprint density at radius 2 is 2.18 bits per heavy atom. The van der Waals surface area contributed by atoms with Crippen LogP contribution < -0.4 is 0 Å². The first-order chi connectivity index (χ1) is 7.86. The molecule has 0 aliphatic rings. The largest absolute Gasteiger partial charge is 0.413 e. The zero-order chi connectivity index (χ0) is 13.5. The van der Waals surface area contributed by atoms with Gasteiger partial charge in [-0.25, -0.2) is 4.99 Å². The van der Waals surface area contributed by atoms with Gasteiger partial charge >= 0.3 is 6.18 Å². The third-order valence-corrected chi connectivity index (χ3v) is 2.22. The Morgan fingerprint density at radius 3 is 2.53 bits per heavy atom. The molecule has 0 spiro atoms. The van der Waals surface area contributed by atoms with Crippen LogP contribution in [0.3, 0.4) is 0 Å². The van der Waals surface area contributed by atoms with Crippen LogP contribution in [0.15, 0.2) is 29.3 Å². The van der Waals surface area contributed by atoms with Crippen molar-refractivity contribution in [2.75, 3.05) is 0 Å². The van der Waals surface area contributed by atoms with Gasteiger partial charge in [-0.05, 0) is 18.3 Å². The summed E-state index contributed by atoms with van der Waals surface area (Å²) in [7, 11) is 0. The number of aliphatic imine (C=N–C) groups is 1.